The molecule has 1 fully saturated rings. The average Bonchev–Trinajstić information content (AvgIpc) is 2.57. The number of methoxy groups -OCH3 is 1. The van der Waals surface area contributed by atoms with Crippen molar-refractivity contribution in [2.75, 3.05) is 47.4 Å². The molecule has 1 saturated heterocycles. The fourth-order valence-electron chi connectivity index (χ4n) is 3.20. The third-order valence-electron chi connectivity index (χ3n) is 4.53. The predicted molar refractivity (Wildman–Crippen MR) is 92.4 cm³/mol. The lowest BCUT2D eigenvalue weighted by molar-refractivity contribution is 0.0998. The lowest BCUT2D eigenvalue weighted by atomic mass is 9.99. The molecule has 6 heteroatoms. The number of piperidine rings is 1. The van der Waals surface area contributed by atoms with E-state index in [4.69, 9.17) is 4.74 Å². The smallest absolute Gasteiger partial charge is 0.317 e. The van der Waals surface area contributed by atoms with E-state index in [0.717, 1.165) is 31.5 Å². The normalized spacial score (nSPS) is 19.4. The summed E-state index contributed by atoms with van der Waals surface area (Å²) in [4.78, 5) is 16.3. The molecular weight excluding hydrogens is 309 g/mol. The number of carbonyl (C=O) groups excluding carboxylic acids is 1. The number of hydrogen-bond acceptors (Lipinski definition) is 3. The van der Waals surface area contributed by atoms with Gasteiger partial charge < -0.3 is 19.9 Å². The SMILES string of the molecule is COC[C@H]1CCCN(C(=O)NC[C@H](c2ccc(F)cc2)N(C)C)C1. The van der Waals surface area contributed by atoms with Crippen LogP contribution in [0.1, 0.15) is 24.4 Å². The van der Waals surface area contributed by atoms with Crippen molar-refractivity contribution in [3.8, 4) is 0 Å². The Morgan fingerprint density at radius 1 is 1.42 bits per heavy atom. The Morgan fingerprint density at radius 2 is 2.12 bits per heavy atom. The zero-order valence-electron chi connectivity index (χ0n) is 14.8. The summed E-state index contributed by atoms with van der Waals surface area (Å²) >= 11 is 0. The van der Waals surface area contributed by atoms with Crippen LogP contribution in [0.5, 0.6) is 0 Å². The van der Waals surface area contributed by atoms with Crippen molar-refractivity contribution < 1.29 is 13.9 Å². The molecule has 0 bridgehead atoms. The van der Waals surface area contributed by atoms with E-state index in [1.165, 1.54) is 12.1 Å². The number of halogens is 1. The van der Waals surface area contributed by atoms with Crippen LogP contribution in [0.3, 0.4) is 0 Å². The maximum absolute atomic E-state index is 13.1. The number of nitrogens with zero attached hydrogens (tertiary/aromatic N) is 2. The van der Waals surface area contributed by atoms with E-state index in [0.29, 0.717) is 19.1 Å². The van der Waals surface area contributed by atoms with Crippen LogP contribution in [0.15, 0.2) is 24.3 Å². The molecule has 1 aromatic carbocycles. The van der Waals surface area contributed by atoms with E-state index < -0.39 is 0 Å². The summed E-state index contributed by atoms with van der Waals surface area (Å²) in [5.41, 5.74) is 0.984. The second-order valence-corrected chi connectivity index (χ2v) is 6.63. The van der Waals surface area contributed by atoms with Crippen molar-refractivity contribution in [2.45, 2.75) is 18.9 Å². The zero-order chi connectivity index (χ0) is 17.5. The largest absolute Gasteiger partial charge is 0.384 e. The Bertz CT molecular complexity index is 520. The Balaban J connectivity index is 1.91. The summed E-state index contributed by atoms with van der Waals surface area (Å²) < 4.78 is 18.3. The molecule has 24 heavy (non-hydrogen) atoms. The molecule has 0 aliphatic carbocycles. The van der Waals surface area contributed by atoms with E-state index >= 15 is 0 Å². The molecule has 2 atom stereocenters. The molecular formula is C18H28FN3O2. The molecule has 1 heterocycles. The minimum atomic E-state index is -0.252. The van der Waals surface area contributed by atoms with Gasteiger partial charge in [0.05, 0.1) is 12.6 Å². The van der Waals surface area contributed by atoms with Gasteiger partial charge >= 0.3 is 6.03 Å². The molecule has 1 aliphatic rings. The number of carbonyl (C=O) groups is 1. The van der Waals surface area contributed by atoms with Crippen molar-refractivity contribution in [1.82, 2.24) is 15.1 Å². The maximum atomic E-state index is 13.1. The molecule has 134 valence electrons. The standard InChI is InChI=1S/C18H28FN3O2/c1-21(2)17(15-6-8-16(19)9-7-15)11-20-18(23)22-10-4-5-14(12-22)13-24-3/h6-9,14,17H,4-5,10-13H2,1-3H3,(H,20,23)/t14-,17+/m0/s1. The number of hydrogen-bond donors (Lipinski definition) is 1. The van der Waals surface area contributed by atoms with Gasteiger partial charge in [0, 0.05) is 32.7 Å². The highest BCUT2D eigenvalue weighted by molar-refractivity contribution is 5.74. The van der Waals surface area contributed by atoms with Gasteiger partial charge in [0.15, 0.2) is 0 Å². The van der Waals surface area contributed by atoms with E-state index in [-0.39, 0.29) is 17.9 Å². The predicted octanol–water partition coefficient (Wildman–Crippen LogP) is 2.50. The van der Waals surface area contributed by atoms with Crippen molar-refractivity contribution >= 4 is 6.03 Å². The Kier molecular flexibility index (Phi) is 6.99. The summed E-state index contributed by atoms with van der Waals surface area (Å²) in [6.07, 6.45) is 2.12. The van der Waals surface area contributed by atoms with Crippen molar-refractivity contribution in [2.24, 2.45) is 5.92 Å². The third-order valence-corrected chi connectivity index (χ3v) is 4.53. The highest BCUT2D eigenvalue weighted by atomic mass is 19.1. The van der Waals surface area contributed by atoms with Crippen molar-refractivity contribution in [3.05, 3.63) is 35.6 Å². The fraction of sp³-hybridized carbons (Fsp3) is 0.611. The lowest BCUT2D eigenvalue weighted by Gasteiger charge is -2.33. The zero-order valence-corrected chi connectivity index (χ0v) is 14.8. The van der Waals surface area contributed by atoms with E-state index in [2.05, 4.69) is 5.32 Å². The van der Waals surface area contributed by atoms with Gasteiger partial charge in [-0.25, -0.2) is 9.18 Å². The van der Waals surface area contributed by atoms with Crippen LogP contribution in [0.2, 0.25) is 0 Å². The number of benzene rings is 1. The Morgan fingerprint density at radius 3 is 2.75 bits per heavy atom. The lowest BCUT2D eigenvalue weighted by Crippen LogP contribution is -2.48. The van der Waals surface area contributed by atoms with Crippen LogP contribution in [-0.4, -0.2) is 63.3 Å². The van der Waals surface area contributed by atoms with Gasteiger partial charge in [0.25, 0.3) is 0 Å². The molecule has 0 spiro atoms. The molecule has 2 amide bonds. The molecule has 2 rings (SSSR count). The fourth-order valence-corrected chi connectivity index (χ4v) is 3.20. The summed E-state index contributed by atoms with van der Waals surface area (Å²) in [5, 5.41) is 3.02. The monoisotopic (exact) mass is 337 g/mol. The Labute approximate surface area is 143 Å². The molecule has 1 aliphatic heterocycles. The molecule has 0 unspecified atom stereocenters. The first kappa shape index (κ1) is 18.7. The van der Waals surface area contributed by atoms with Crippen LogP contribution in [-0.2, 0) is 4.74 Å². The van der Waals surface area contributed by atoms with Crippen molar-refractivity contribution in [1.29, 1.82) is 0 Å². The Hall–Kier alpha value is -1.66. The summed E-state index contributed by atoms with van der Waals surface area (Å²) in [6, 6.07) is 6.41. The third kappa shape index (κ3) is 5.18. The van der Waals surface area contributed by atoms with Gasteiger partial charge in [-0.15, -0.1) is 0 Å². The van der Waals surface area contributed by atoms with Gasteiger partial charge in [-0.3, -0.25) is 0 Å². The molecule has 0 radical (unpaired) electrons. The number of nitrogens with one attached hydrogen (secondary N) is 1. The topological polar surface area (TPSA) is 44.8 Å². The number of likely N-dealkylation sites (N-methyl/N-ethyl adjacent to an activating group) is 1. The minimum Gasteiger partial charge on any atom is -0.384 e. The van der Waals surface area contributed by atoms with E-state index in [1.54, 1.807) is 19.2 Å². The number of urea groups is 1. The van der Waals surface area contributed by atoms with Gasteiger partial charge in [-0.05, 0) is 44.6 Å². The second-order valence-electron chi connectivity index (χ2n) is 6.63. The molecule has 0 aromatic heterocycles. The van der Waals surface area contributed by atoms with Crippen LogP contribution in [0.4, 0.5) is 9.18 Å². The van der Waals surface area contributed by atoms with Gasteiger partial charge in [-0.2, -0.15) is 0 Å². The molecule has 1 N–H and O–H groups in total. The minimum absolute atomic E-state index is 0.00844. The van der Waals surface area contributed by atoms with Crippen LogP contribution >= 0.6 is 0 Å². The molecule has 0 saturated carbocycles. The highest BCUT2D eigenvalue weighted by Crippen LogP contribution is 2.19. The number of likely N-dealkylation sites (tertiary alicyclic amines) is 1. The second kappa shape index (κ2) is 8.99. The highest BCUT2D eigenvalue weighted by Gasteiger charge is 2.24. The van der Waals surface area contributed by atoms with Crippen LogP contribution < -0.4 is 5.32 Å². The van der Waals surface area contributed by atoms with E-state index in [1.807, 2.05) is 23.9 Å². The first-order valence-corrected chi connectivity index (χ1v) is 8.45. The van der Waals surface area contributed by atoms with Gasteiger partial charge in [-0.1, -0.05) is 12.1 Å². The van der Waals surface area contributed by atoms with Crippen LogP contribution in [0.25, 0.3) is 0 Å². The maximum Gasteiger partial charge on any atom is 0.317 e. The first-order chi connectivity index (χ1) is 11.5. The first-order valence-electron chi connectivity index (χ1n) is 8.45. The molecule has 1 aromatic rings. The summed E-state index contributed by atoms with van der Waals surface area (Å²) in [6.45, 7) is 2.71. The van der Waals surface area contributed by atoms with Gasteiger partial charge in [0.2, 0.25) is 0 Å². The van der Waals surface area contributed by atoms with Crippen LogP contribution in [0, 0.1) is 11.7 Å². The van der Waals surface area contributed by atoms with Gasteiger partial charge in [0.1, 0.15) is 5.82 Å². The van der Waals surface area contributed by atoms with E-state index in [9.17, 15) is 9.18 Å². The van der Waals surface area contributed by atoms with Crippen molar-refractivity contribution in [3.63, 3.8) is 0 Å². The number of rotatable bonds is 6. The summed E-state index contributed by atoms with van der Waals surface area (Å²) in [7, 11) is 5.61. The summed E-state index contributed by atoms with van der Waals surface area (Å²) in [5.74, 6) is 0.161. The quantitative estimate of drug-likeness (QED) is 0.867. The number of ether oxygens (including phenoxy) is 1. The number of amides is 2. The average molecular weight is 337 g/mol. The molecule has 5 nitrogen and oxygen atoms in total.